The highest BCUT2D eigenvalue weighted by Gasteiger charge is 2.13. The number of rotatable bonds is 2. The van der Waals surface area contributed by atoms with E-state index in [1.165, 1.54) is 0 Å². The van der Waals surface area contributed by atoms with Gasteiger partial charge < -0.3 is 0 Å². The van der Waals surface area contributed by atoms with Crippen LogP contribution in [0.3, 0.4) is 0 Å². The quantitative estimate of drug-likeness (QED) is 0.218. The molecule has 0 saturated carbocycles. The fourth-order valence-corrected chi connectivity index (χ4v) is 3.89. The molecule has 0 atom stereocenters. The third kappa shape index (κ3) is 3.05. The Kier molecular flexibility index (Phi) is 1.74. The summed E-state index contributed by atoms with van der Waals surface area (Å²) >= 11 is 3.27. The van der Waals surface area contributed by atoms with Crippen molar-refractivity contribution < 1.29 is 26.0 Å². The van der Waals surface area contributed by atoms with Gasteiger partial charge in [-0.15, -0.1) is 0 Å². The van der Waals surface area contributed by atoms with Crippen LogP contribution in [0.4, 0.5) is 0 Å². The Hall–Kier alpha value is -3.42. The van der Waals surface area contributed by atoms with Crippen molar-refractivity contribution in [2.24, 2.45) is 0 Å². The van der Waals surface area contributed by atoms with Crippen LogP contribution in [0.15, 0.2) is 119 Å². The van der Waals surface area contributed by atoms with Gasteiger partial charge in [0.2, 0.25) is 0 Å². The zero-order valence-electron chi connectivity index (χ0n) is 34.4. The highest BCUT2D eigenvalue weighted by Crippen LogP contribution is 2.41. The monoisotopic (exact) mass is 477 g/mol. The Bertz CT molecular complexity index is 2490. The predicted octanol–water partition coefficient (Wildman–Crippen LogP) is 9.24. The van der Waals surface area contributed by atoms with Crippen molar-refractivity contribution >= 4 is 48.2 Å². The van der Waals surface area contributed by atoms with Crippen LogP contribution in [0, 0.1) is 0 Å². The van der Waals surface area contributed by atoms with E-state index < -0.39 is 148 Å². The molecule has 146 valence electrons. The van der Waals surface area contributed by atoms with Gasteiger partial charge in [-0.1, -0.05) is 109 Å². The lowest BCUT2D eigenvalue weighted by Gasteiger charge is -2.15. The fraction of sp³-hybridized carbons (Fsp3) is 0. The van der Waals surface area contributed by atoms with Gasteiger partial charge in [-0.05, 0) is 76.5 Å². The van der Waals surface area contributed by atoms with E-state index >= 15 is 0 Å². The smallest absolute Gasteiger partial charge is 0.0616 e. The predicted molar refractivity (Wildman–Crippen MR) is 138 cm³/mol. The summed E-state index contributed by atoms with van der Waals surface area (Å²) in [4.78, 5) is 0. The van der Waals surface area contributed by atoms with Crippen LogP contribution in [0.25, 0.3) is 54.6 Å². The van der Waals surface area contributed by atoms with Gasteiger partial charge in [0.1, 0.15) is 0 Å². The number of halogens is 1. The average molecular weight is 479 g/mol. The molecule has 0 saturated heterocycles. The van der Waals surface area contributed by atoms with Crippen molar-refractivity contribution in [3.63, 3.8) is 0 Å². The van der Waals surface area contributed by atoms with Crippen LogP contribution in [0.5, 0.6) is 0 Å². The topological polar surface area (TPSA) is 0 Å². The van der Waals surface area contributed by atoms with Crippen molar-refractivity contribution in [2.75, 3.05) is 0 Å². The summed E-state index contributed by atoms with van der Waals surface area (Å²) in [7, 11) is 0. The molecule has 0 spiro atoms. The molecule has 0 N–H and O–H groups in total. The first-order valence-corrected chi connectivity index (χ1v) is 9.73. The maximum atomic E-state index is 9.12. The van der Waals surface area contributed by atoms with Crippen LogP contribution in [0.2, 0.25) is 0 Å². The second-order valence-corrected chi connectivity index (χ2v) is 7.23. The van der Waals surface area contributed by atoms with Crippen LogP contribution >= 0.6 is 15.9 Å². The summed E-state index contributed by atoms with van der Waals surface area (Å²) in [6.07, 6.45) is 0. The minimum Gasteiger partial charge on any atom is -0.0616 e. The van der Waals surface area contributed by atoms with Crippen molar-refractivity contribution in [1.29, 1.82) is 0 Å². The van der Waals surface area contributed by atoms with E-state index in [0.717, 1.165) is 0 Å². The first-order chi connectivity index (χ1) is 23.2. The van der Waals surface area contributed by atoms with Gasteiger partial charge in [0, 0.05) is 4.47 Å². The molecular weight excluding hydrogens is 440 g/mol. The molecule has 0 fully saturated rings. The third-order valence-corrected chi connectivity index (χ3v) is 5.48. The van der Waals surface area contributed by atoms with Gasteiger partial charge in [0.15, 0.2) is 0 Å². The Morgan fingerprint density at radius 3 is 1.58 bits per heavy atom. The minimum absolute atomic E-state index is 0.126. The lowest BCUT2D eigenvalue weighted by molar-refractivity contribution is 1.63. The fourth-order valence-electron chi connectivity index (χ4n) is 3.30. The Labute approximate surface area is 216 Å². The van der Waals surface area contributed by atoms with Crippen LogP contribution < -0.4 is 0 Å². The second-order valence-electron chi connectivity index (χ2n) is 6.44. The molecule has 0 unspecified atom stereocenters. The van der Waals surface area contributed by atoms with Gasteiger partial charge in [0.05, 0.1) is 26.0 Å². The highest BCUT2D eigenvalue weighted by atomic mass is 79.9. The molecule has 0 aliphatic heterocycles. The summed E-state index contributed by atoms with van der Waals surface area (Å²) in [6.45, 7) is 0. The molecule has 0 nitrogen and oxygen atoms in total. The van der Waals surface area contributed by atoms with Crippen molar-refractivity contribution in [3.05, 3.63) is 119 Å². The number of benzene rings is 6. The van der Waals surface area contributed by atoms with Crippen LogP contribution in [0.1, 0.15) is 26.0 Å². The molecule has 6 rings (SSSR count). The second kappa shape index (κ2) is 7.37. The normalized spacial score (nSPS) is 20.0. The zero-order valence-corrected chi connectivity index (χ0v) is 17.0. The van der Waals surface area contributed by atoms with Crippen molar-refractivity contribution in [1.82, 2.24) is 0 Å². The van der Waals surface area contributed by atoms with Crippen LogP contribution in [-0.4, -0.2) is 0 Å². The maximum absolute atomic E-state index is 9.12. The lowest BCUT2D eigenvalue weighted by Crippen LogP contribution is -1.88. The molecular formula is C30H19Br. The van der Waals surface area contributed by atoms with E-state index in [1.54, 1.807) is 0 Å². The molecule has 0 heterocycles. The van der Waals surface area contributed by atoms with E-state index in [-0.39, 0.29) is 26.0 Å². The summed E-state index contributed by atoms with van der Waals surface area (Å²) in [5, 5.41) is -2.18. The molecule has 0 amide bonds. The molecule has 0 radical (unpaired) electrons. The van der Waals surface area contributed by atoms with E-state index in [4.69, 9.17) is 26.0 Å². The van der Waals surface area contributed by atoms with E-state index in [0.29, 0.717) is 0 Å². The molecule has 0 aromatic heterocycles. The van der Waals surface area contributed by atoms with Crippen LogP contribution in [-0.2, 0) is 0 Å². The number of hydrogen-bond donors (Lipinski definition) is 0. The minimum atomic E-state index is -0.895. The average Bonchev–Trinajstić information content (AvgIpc) is 3.08. The molecule has 6 aromatic carbocycles. The van der Waals surface area contributed by atoms with Crippen molar-refractivity contribution in [2.45, 2.75) is 0 Å². The molecule has 1 heteroatoms. The van der Waals surface area contributed by atoms with E-state index in [1.807, 2.05) is 0 Å². The summed E-state index contributed by atoms with van der Waals surface area (Å²) < 4.78 is 163. The number of fused-ring (bicyclic) bond motifs is 3. The Balaban J connectivity index is 1.89. The summed E-state index contributed by atoms with van der Waals surface area (Å²) in [6, 6.07) is -14.2. The number of hydrogen-bond acceptors (Lipinski definition) is 0. The van der Waals surface area contributed by atoms with Gasteiger partial charge in [0.25, 0.3) is 0 Å². The van der Waals surface area contributed by atoms with E-state index in [2.05, 4.69) is 15.9 Å². The molecule has 31 heavy (non-hydrogen) atoms. The third-order valence-electron chi connectivity index (χ3n) is 4.69. The van der Waals surface area contributed by atoms with Crippen molar-refractivity contribution in [3.8, 4) is 22.3 Å². The molecule has 0 bridgehead atoms. The summed E-state index contributed by atoms with van der Waals surface area (Å²) in [5.74, 6) is 0. The van der Waals surface area contributed by atoms with Gasteiger partial charge in [-0.25, -0.2) is 0 Å². The first-order valence-electron chi connectivity index (χ1n) is 18.4. The first kappa shape index (κ1) is 7.32. The Morgan fingerprint density at radius 1 is 0.452 bits per heavy atom. The Morgan fingerprint density at radius 2 is 0.935 bits per heavy atom. The molecule has 0 aliphatic rings. The lowest BCUT2D eigenvalue weighted by atomic mass is 9.91. The summed E-state index contributed by atoms with van der Waals surface area (Å²) in [5.41, 5.74) is -2.37. The largest absolute Gasteiger partial charge is 0.0636 e. The maximum Gasteiger partial charge on any atom is 0.0636 e. The SMILES string of the molecule is [2H]c1c([2H])c(-c2c3c([2H])c([2H])c([2H])c([2H])c3c(Br)c3c([2H])c([2H])c([2H])c([2H])c23)c([2H])c([2H])c1-c1c([2H])c([2H])c2c([2H])c([2H])c([2H])c([2H])c2c1[2H]. The van der Waals surface area contributed by atoms with E-state index in [9.17, 15) is 0 Å². The van der Waals surface area contributed by atoms with Gasteiger partial charge in [-0.3, -0.25) is 0 Å². The standard InChI is InChI=1S/C30H19Br/c31-30-27-11-5-3-9-25(27)29(26-10-4-6-12-28(26)30)22-16-13-21(14-17-22)24-18-15-20-7-1-2-8-23(20)19-24/h1-19H/i1D,2D,3D,4D,5D,6D,7D,8D,9D,10D,11D,12D,13D,14D,15D,16D,17D,18D,19D. The van der Waals surface area contributed by atoms with Gasteiger partial charge in [-0.2, -0.15) is 0 Å². The molecule has 0 aliphatic carbocycles. The van der Waals surface area contributed by atoms with Gasteiger partial charge >= 0.3 is 0 Å². The molecule has 6 aromatic rings. The highest BCUT2D eigenvalue weighted by molar-refractivity contribution is 9.10. The zero-order chi connectivity index (χ0) is 37.3.